The van der Waals surface area contributed by atoms with E-state index in [0.29, 0.717) is 0 Å². The van der Waals surface area contributed by atoms with E-state index in [4.69, 9.17) is 10.5 Å². The zero-order valence-electron chi connectivity index (χ0n) is 13.1. The first-order valence-electron chi connectivity index (χ1n) is 7.57. The fourth-order valence-electron chi connectivity index (χ4n) is 2.51. The van der Waals surface area contributed by atoms with Gasteiger partial charge in [-0.1, -0.05) is 30.3 Å². The molecule has 23 heavy (non-hydrogen) atoms. The first-order valence-corrected chi connectivity index (χ1v) is 7.57. The number of nitrogens with zero attached hydrogens (tertiary/aromatic N) is 1. The molecule has 0 bridgehead atoms. The molecule has 0 radical (unpaired) electrons. The quantitative estimate of drug-likeness (QED) is 0.699. The molecule has 0 aromatic heterocycles. The molecule has 3 aromatic rings. The van der Waals surface area contributed by atoms with E-state index in [1.807, 2.05) is 54.6 Å². The zero-order valence-corrected chi connectivity index (χ0v) is 13.1. The lowest BCUT2D eigenvalue weighted by Crippen LogP contribution is -2.16. The van der Waals surface area contributed by atoms with Crippen molar-refractivity contribution in [2.45, 2.75) is 6.54 Å². The van der Waals surface area contributed by atoms with Crippen LogP contribution in [-0.2, 0) is 6.54 Å². The molecule has 0 saturated carbocycles. The number of anilines is 3. The molecule has 0 aliphatic rings. The average Bonchev–Trinajstić information content (AvgIpc) is 2.62. The Bertz CT molecular complexity index is 737. The molecule has 0 aliphatic carbocycles. The molecule has 0 amide bonds. The molecular weight excluding hydrogens is 284 g/mol. The Labute approximate surface area is 136 Å². The van der Waals surface area contributed by atoms with Crippen LogP contribution in [0.25, 0.3) is 0 Å². The van der Waals surface area contributed by atoms with E-state index in [1.54, 1.807) is 7.11 Å². The van der Waals surface area contributed by atoms with Gasteiger partial charge >= 0.3 is 0 Å². The Morgan fingerprint density at radius 2 is 1.39 bits per heavy atom. The van der Waals surface area contributed by atoms with E-state index >= 15 is 0 Å². The molecule has 0 heterocycles. The van der Waals surface area contributed by atoms with Crippen molar-refractivity contribution in [3.8, 4) is 5.75 Å². The van der Waals surface area contributed by atoms with Gasteiger partial charge in [0, 0.05) is 23.6 Å². The van der Waals surface area contributed by atoms with Gasteiger partial charge in [0.05, 0.1) is 7.11 Å². The lowest BCUT2D eigenvalue weighted by Gasteiger charge is -2.25. The summed E-state index contributed by atoms with van der Waals surface area (Å²) < 4.78 is 5.23. The summed E-state index contributed by atoms with van der Waals surface area (Å²) in [5.41, 5.74) is 10.1. The molecule has 3 rings (SSSR count). The molecular formula is C20H20N2O. The number of nitrogen functional groups attached to an aromatic ring is 1. The Kier molecular flexibility index (Phi) is 4.48. The maximum absolute atomic E-state index is 5.82. The highest BCUT2D eigenvalue weighted by molar-refractivity contribution is 5.65. The first kappa shape index (κ1) is 15.0. The van der Waals surface area contributed by atoms with Crippen LogP contribution in [0.1, 0.15) is 5.56 Å². The van der Waals surface area contributed by atoms with Crippen molar-refractivity contribution < 1.29 is 4.74 Å². The maximum atomic E-state index is 5.82. The van der Waals surface area contributed by atoms with Gasteiger partial charge in [-0.15, -0.1) is 0 Å². The largest absolute Gasteiger partial charge is 0.497 e. The minimum absolute atomic E-state index is 0.770. The summed E-state index contributed by atoms with van der Waals surface area (Å²) >= 11 is 0. The van der Waals surface area contributed by atoms with Gasteiger partial charge in [-0.05, 0) is 54.1 Å². The van der Waals surface area contributed by atoms with Crippen molar-refractivity contribution in [2.24, 2.45) is 0 Å². The second-order valence-electron chi connectivity index (χ2n) is 5.36. The van der Waals surface area contributed by atoms with Crippen molar-refractivity contribution in [3.05, 3.63) is 84.4 Å². The van der Waals surface area contributed by atoms with Crippen molar-refractivity contribution in [3.63, 3.8) is 0 Å². The Hall–Kier alpha value is -2.94. The highest BCUT2D eigenvalue weighted by atomic mass is 16.5. The fourth-order valence-corrected chi connectivity index (χ4v) is 2.51. The summed E-state index contributed by atoms with van der Waals surface area (Å²) in [6.45, 7) is 0.776. The summed E-state index contributed by atoms with van der Waals surface area (Å²) in [4.78, 5) is 2.27. The Morgan fingerprint density at radius 3 is 2.00 bits per heavy atom. The Balaban J connectivity index is 1.93. The molecule has 2 N–H and O–H groups in total. The molecule has 3 nitrogen and oxygen atoms in total. The molecule has 3 aromatic carbocycles. The number of para-hydroxylation sites is 1. The minimum atomic E-state index is 0.770. The maximum Gasteiger partial charge on any atom is 0.118 e. The minimum Gasteiger partial charge on any atom is -0.497 e. The molecule has 3 heteroatoms. The third-order valence-corrected chi connectivity index (χ3v) is 3.77. The number of hydrogen-bond donors (Lipinski definition) is 1. The highest BCUT2D eigenvalue weighted by Gasteiger charge is 2.10. The van der Waals surface area contributed by atoms with Crippen LogP contribution in [0.2, 0.25) is 0 Å². The molecule has 0 atom stereocenters. The van der Waals surface area contributed by atoms with Gasteiger partial charge in [0.1, 0.15) is 5.75 Å². The van der Waals surface area contributed by atoms with Crippen molar-refractivity contribution >= 4 is 17.1 Å². The number of hydrogen-bond acceptors (Lipinski definition) is 3. The predicted molar refractivity (Wildman–Crippen MR) is 96.1 cm³/mol. The Morgan fingerprint density at radius 1 is 0.783 bits per heavy atom. The van der Waals surface area contributed by atoms with Crippen LogP contribution in [0.5, 0.6) is 5.75 Å². The van der Waals surface area contributed by atoms with Crippen LogP contribution < -0.4 is 15.4 Å². The summed E-state index contributed by atoms with van der Waals surface area (Å²) in [7, 11) is 1.68. The van der Waals surface area contributed by atoms with Gasteiger partial charge in [0.2, 0.25) is 0 Å². The van der Waals surface area contributed by atoms with Crippen molar-refractivity contribution in [2.75, 3.05) is 17.7 Å². The summed E-state index contributed by atoms with van der Waals surface area (Å²) in [5.74, 6) is 0.868. The fraction of sp³-hybridized carbons (Fsp3) is 0.100. The number of methoxy groups -OCH3 is 1. The van der Waals surface area contributed by atoms with Crippen molar-refractivity contribution in [1.82, 2.24) is 0 Å². The highest BCUT2D eigenvalue weighted by Crippen LogP contribution is 2.28. The van der Waals surface area contributed by atoms with Crippen LogP contribution in [0.3, 0.4) is 0 Å². The normalized spacial score (nSPS) is 10.3. The van der Waals surface area contributed by atoms with Crippen LogP contribution in [0.15, 0.2) is 78.9 Å². The molecule has 0 fully saturated rings. The summed E-state index contributed by atoms with van der Waals surface area (Å²) in [5, 5.41) is 0. The second-order valence-corrected chi connectivity index (χ2v) is 5.36. The average molecular weight is 304 g/mol. The van der Waals surface area contributed by atoms with Crippen molar-refractivity contribution in [1.29, 1.82) is 0 Å². The SMILES string of the molecule is COc1ccc(CN(c2ccccc2)c2ccc(N)cc2)cc1. The van der Waals surface area contributed by atoms with E-state index < -0.39 is 0 Å². The number of nitrogens with two attached hydrogens (primary N) is 1. The number of benzene rings is 3. The van der Waals surface area contributed by atoms with Gasteiger partial charge in [0.25, 0.3) is 0 Å². The predicted octanol–water partition coefficient (Wildman–Crippen LogP) is 4.62. The third kappa shape index (κ3) is 3.64. The van der Waals surface area contributed by atoms with Gasteiger partial charge in [-0.3, -0.25) is 0 Å². The monoisotopic (exact) mass is 304 g/mol. The third-order valence-electron chi connectivity index (χ3n) is 3.77. The van der Waals surface area contributed by atoms with Crippen LogP contribution in [0.4, 0.5) is 17.1 Å². The van der Waals surface area contributed by atoms with Crippen LogP contribution >= 0.6 is 0 Å². The van der Waals surface area contributed by atoms with E-state index in [0.717, 1.165) is 29.4 Å². The molecule has 0 unspecified atom stereocenters. The van der Waals surface area contributed by atoms with Crippen LogP contribution in [-0.4, -0.2) is 7.11 Å². The van der Waals surface area contributed by atoms with E-state index in [-0.39, 0.29) is 0 Å². The van der Waals surface area contributed by atoms with Crippen LogP contribution in [0, 0.1) is 0 Å². The first-order chi connectivity index (χ1) is 11.3. The van der Waals surface area contributed by atoms with E-state index in [9.17, 15) is 0 Å². The van der Waals surface area contributed by atoms with Gasteiger partial charge < -0.3 is 15.4 Å². The van der Waals surface area contributed by atoms with E-state index in [2.05, 4.69) is 29.2 Å². The standard InChI is InChI=1S/C20H20N2O/c1-23-20-13-7-16(8-14-20)15-22(18-5-3-2-4-6-18)19-11-9-17(21)10-12-19/h2-14H,15,21H2,1H3. The molecule has 116 valence electrons. The lowest BCUT2D eigenvalue weighted by atomic mass is 10.1. The second kappa shape index (κ2) is 6.88. The molecule has 0 spiro atoms. The summed E-state index contributed by atoms with van der Waals surface area (Å²) in [6.07, 6.45) is 0. The number of ether oxygens (including phenoxy) is 1. The molecule has 0 aliphatic heterocycles. The smallest absolute Gasteiger partial charge is 0.118 e. The van der Waals surface area contributed by atoms with Gasteiger partial charge in [-0.25, -0.2) is 0 Å². The molecule has 0 saturated heterocycles. The summed E-state index contributed by atoms with van der Waals surface area (Å²) in [6, 6.07) is 26.5. The topological polar surface area (TPSA) is 38.5 Å². The number of rotatable bonds is 5. The van der Waals surface area contributed by atoms with E-state index in [1.165, 1.54) is 5.56 Å². The van der Waals surface area contributed by atoms with Gasteiger partial charge in [0.15, 0.2) is 0 Å². The lowest BCUT2D eigenvalue weighted by molar-refractivity contribution is 0.414. The zero-order chi connectivity index (χ0) is 16.1. The van der Waals surface area contributed by atoms with Gasteiger partial charge in [-0.2, -0.15) is 0 Å².